The van der Waals surface area contributed by atoms with Crippen molar-refractivity contribution in [2.75, 3.05) is 0 Å². The van der Waals surface area contributed by atoms with E-state index in [1.807, 2.05) is 0 Å². The van der Waals surface area contributed by atoms with Crippen LogP contribution in [0.4, 0.5) is 39.5 Å². The Balaban J connectivity index is 2.56. The number of benzene rings is 2. The lowest BCUT2D eigenvalue weighted by Crippen LogP contribution is -2.15. The smallest absolute Gasteiger partial charge is 0.171 e. The topological polar surface area (TPSA) is 0 Å². The SMILES string of the molecule is FC(F)(F)CCc1cc2ccccc2c(CCC(F)(F)F)c1CCC(F)(F)F. The lowest BCUT2D eigenvalue weighted by molar-refractivity contribution is -0.136. The molecule has 0 aliphatic heterocycles. The van der Waals surface area contributed by atoms with Gasteiger partial charge >= 0.3 is 18.5 Å². The van der Waals surface area contributed by atoms with Crippen LogP contribution in [0.15, 0.2) is 30.3 Å². The van der Waals surface area contributed by atoms with Gasteiger partial charge in [-0.25, -0.2) is 0 Å². The highest BCUT2D eigenvalue weighted by Crippen LogP contribution is 2.35. The second kappa shape index (κ2) is 8.21. The van der Waals surface area contributed by atoms with Crippen LogP contribution in [-0.4, -0.2) is 18.5 Å². The van der Waals surface area contributed by atoms with Crippen molar-refractivity contribution in [1.29, 1.82) is 0 Å². The van der Waals surface area contributed by atoms with Crippen LogP contribution >= 0.6 is 0 Å². The van der Waals surface area contributed by atoms with Gasteiger partial charge in [-0.05, 0) is 46.7 Å². The first kappa shape index (κ1) is 22.4. The molecule has 0 bridgehead atoms. The summed E-state index contributed by atoms with van der Waals surface area (Å²) in [6, 6.07) is 7.45. The molecular formula is C19H17F9. The molecule has 156 valence electrons. The summed E-state index contributed by atoms with van der Waals surface area (Å²) in [5.74, 6) is 0. The normalized spacial score (nSPS) is 13.3. The van der Waals surface area contributed by atoms with E-state index >= 15 is 0 Å². The Kier molecular flexibility index (Phi) is 6.55. The summed E-state index contributed by atoms with van der Waals surface area (Å²) in [6.07, 6.45) is -19.3. The van der Waals surface area contributed by atoms with Crippen LogP contribution in [0.2, 0.25) is 0 Å². The molecule has 0 aliphatic carbocycles. The maximum atomic E-state index is 12.7. The first-order valence-corrected chi connectivity index (χ1v) is 8.48. The van der Waals surface area contributed by atoms with Gasteiger partial charge in [0.05, 0.1) is 0 Å². The third-order valence-corrected chi connectivity index (χ3v) is 4.36. The van der Waals surface area contributed by atoms with E-state index in [9.17, 15) is 39.5 Å². The number of halogens is 9. The van der Waals surface area contributed by atoms with Gasteiger partial charge in [-0.2, -0.15) is 39.5 Å². The molecule has 9 heteroatoms. The second-order valence-corrected chi connectivity index (χ2v) is 6.56. The molecule has 0 N–H and O–H groups in total. The average molecular weight is 416 g/mol. The molecule has 0 aromatic heterocycles. The van der Waals surface area contributed by atoms with E-state index < -0.39 is 57.1 Å². The van der Waals surface area contributed by atoms with Crippen LogP contribution in [0.5, 0.6) is 0 Å². The maximum absolute atomic E-state index is 12.7. The molecule has 0 aliphatic rings. The Morgan fingerprint density at radius 2 is 1.04 bits per heavy atom. The summed E-state index contributed by atoms with van der Waals surface area (Å²) < 4.78 is 114. The van der Waals surface area contributed by atoms with Gasteiger partial charge in [0.15, 0.2) is 0 Å². The molecule has 0 nitrogen and oxygen atoms in total. The van der Waals surface area contributed by atoms with Crippen molar-refractivity contribution in [3.05, 3.63) is 47.0 Å². The highest BCUT2D eigenvalue weighted by Gasteiger charge is 2.32. The van der Waals surface area contributed by atoms with Crippen molar-refractivity contribution in [3.63, 3.8) is 0 Å². The molecule has 2 rings (SSSR count). The highest BCUT2D eigenvalue weighted by atomic mass is 19.4. The molecular weight excluding hydrogens is 399 g/mol. The van der Waals surface area contributed by atoms with E-state index in [1.54, 1.807) is 6.07 Å². The Bertz CT molecular complexity index is 798. The third-order valence-electron chi connectivity index (χ3n) is 4.36. The quantitative estimate of drug-likeness (QED) is 0.433. The van der Waals surface area contributed by atoms with Crippen molar-refractivity contribution in [2.24, 2.45) is 0 Å². The van der Waals surface area contributed by atoms with Crippen molar-refractivity contribution in [1.82, 2.24) is 0 Å². The number of hydrogen-bond acceptors (Lipinski definition) is 0. The zero-order valence-corrected chi connectivity index (χ0v) is 14.5. The Morgan fingerprint density at radius 3 is 1.57 bits per heavy atom. The summed E-state index contributed by atoms with van der Waals surface area (Å²) in [6.45, 7) is 0. The molecule has 28 heavy (non-hydrogen) atoms. The summed E-state index contributed by atoms with van der Waals surface area (Å²) in [7, 11) is 0. The first-order valence-electron chi connectivity index (χ1n) is 8.48. The van der Waals surface area contributed by atoms with Crippen LogP contribution in [0.1, 0.15) is 36.0 Å². The predicted molar refractivity (Wildman–Crippen MR) is 87.1 cm³/mol. The van der Waals surface area contributed by atoms with Crippen molar-refractivity contribution in [3.8, 4) is 0 Å². The van der Waals surface area contributed by atoms with Gasteiger partial charge in [0.25, 0.3) is 0 Å². The van der Waals surface area contributed by atoms with Gasteiger partial charge in [-0.1, -0.05) is 30.3 Å². The minimum absolute atomic E-state index is 0.0115. The summed E-state index contributed by atoms with van der Waals surface area (Å²) in [5.41, 5.74) is -0.0150. The molecule has 0 saturated carbocycles. The molecule has 0 spiro atoms. The number of hydrogen-bond donors (Lipinski definition) is 0. The highest BCUT2D eigenvalue weighted by molar-refractivity contribution is 5.88. The van der Waals surface area contributed by atoms with E-state index in [2.05, 4.69) is 0 Å². The van der Waals surface area contributed by atoms with E-state index in [0.717, 1.165) is 0 Å². The Morgan fingerprint density at radius 1 is 0.571 bits per heavy atom. The Hall–Kier alpha value is -1.93. The largest absolute Gasteiger partial charge is 0.389 e. The summed E-state index contributed by atoms with van der Waals surface area (Å²) in [4.78, 5) is 0. The lowest BCUT2D eigenvalue weighted by atomic mass is 9.87. The van der Waals surface area contributed by atoms with Crippen molar-refractivity contribution in [2.45, 2.75) is 57.1 Å². The van der Waals surface area contributed by atoms with Crippen LogP contribution < -0.4 is 0 Å². The van der Waals surface area contributed by atoms with Crippen molar-refractivity contribution >= 4 is 10.8 Å². The fourth-order valence-electron chi connectivity index (χ4n) is 3.16. The van der Waals surface area contributed by atoms with Gasteiger partial charge in [0.1, 0.15) is 0 Å². The average Bonchev–Trinajstić information content (AvgIpc) is 2.53. The molecule has 0 unspecified atom stereocenters. The molecule has 0 amide bonds. The maximum Gasteiger partial charge on any atom is 0.389 e. The molecule has 2 aromatic carbocycles. The van der Waals surface area contributed by atoms with E-state index in [0.29, 0.717) is 10.8 Å². The fraction of sp³-hybridized carbons (Fsp3) is 0.474. The molecule has 0 radical (unpaired) electrons. The molecule has 0 atom stereocenters. The summed E-state index contributed by atoms with van der Waals surface area (Å²) in [5, 5.41) is 0.743. The van der Waals surface area contributed by atoms with E-state index in [4.69, 9.17) is 0 Å². The minimum Gasteiger partial charge on any atom is -0.171 e. The van der Waals surface area contributed by atoms with E-state index in [1.165, 1.54) is 24.3 Å². The van der Waals surface area contributed by atoms with Crippen molar-refractivity contribution < 1.29 is 39.5 Å². The molecule has 0 fully saturated rings. The number of fused-ring (bicyclic) bond motifs is 1. The number of rotatable bonds is 6. The van der Waals surface area contributed by atoms with Gasteiger partial charge in [-0.15, -0.1) is 0 Å². The lowest BCUT2D eigenvalue weighted by Gasteiger charge is -2.20. The van der Waals surface area contributed by atoms with Crippen LogP contribution in [-0.2, 0) is 19.3 Å². The van der Waals surface area contributed by atoms with Gasteiger partial charge < -0.3 is 0 Å². The molecule has 2 aromatic rings. The van der Waals surface area contributed by atoms with Gasteiger partial charge in [0, 0.05) is 19.3 Å². The van der Waals surface area contributed by atoms with E-state index in [-0.39, 0.29) is 16.7 Å². The predicted octanol–water partition coefficient (Wildman–Crippen LogP) is 7.32. The van der Waals surface area contributed by atoms with Crippen LogP contribution in [0.25, 0.3) is 10.8 Å². The minimum atomic E-state index is -4.58. The zero-order chi connectivity index (χ0) is 21.2. The summed E-state index contributed by atoms with van der Waals surface area (Å²) >= 11 is 0. The van der Waals surface area contributed by atoms with Crippen LogP contribution in [0.3, 0.4) is 0 Å². The first-order chi connectivity index (χ1) is 12.8. The molecule has 0 heterocycles. The number of aryl methyl sites for hydroxylation is 2. The van der Waals surface area contributed by atoms with Gasteiger partial charge in [-0.3, -0.25) is 0 Å². The Labute approximate surface area is 155 Å². The number of alkyl halides is 9. The zero-order valence-electron chi connectivity index (χ0n) is 14.5. The van der Waals surface area contributed by atoms with Crippen LogP contribution in [0, 0.1) is 0 Å². The molecule has 0 saturated heterocycles. The third kappa shape index (κ3) is 6.91. The second-order valence-electron chi connectivity index (χ2n) is 6.56. The van der Waals surface area contributed by atoms with Gasteiger partial charge in [0.2, 0.25) is 0 Å². The standard InChI is InChI=1S/C19H17F9/c20-17(21,22)8-5-13-11-12-3-1-2-4-14(12)16(7-10-19(26,27)28)15(13)6-9-18(23,24)25/h1-4,11H,5-10H2. The monoisotopic (exact) mass is 416 g/mol. The fourth-order valence-corrected chi connectivity index (χ4v) is 3.16.